The zero-order chi connectivity index (χ0) is 21.6. The molecule has 0 aliphatic heterocycles. The van der Waals surface area contributed by atoms with Gasteiger partial charge in [-0.1, -0.05) is 0 Å². The zero-order valence-electron chi connectivity index (χ0n) is 19.5. The number of ketones is 1. The summed E-state index contributed by atoms with van der Waals surface area (Å²) < 4.78 is 11.9. The van der Waals surface area contributed by atoms with E-state index in [1.807, 2.05) is 13.0 Å². The topological polar surface area (TPSA) is 43.4 Å². The van der Waals surface area contributed by atoms with E-state index in [-0.39, 0.29) is 5.78 Å². The van der Waals surface area contributed by atoms with Gasteiger partial charge in [-0.3, -0.25) is 0 Å². The molecule has 0 rings (SSSR count). The van der Waals surface area contributed by atoms with Crippen LogP contribution in [0.3, 0.4) is 0 Å². The van der Waals surface area contributed by atoms with Gasteiger partial charge in [0.15, 0.2) is 0 Å². The van der Waals surface area contributed by atoms with Crippen molar-refractivity contribution in [2.75, 3.05) is 6.61 Å². The number of allylic oxidation sites excluding steroid dienone is 3. The Kier molecular flexibility index (Phi) is 14.1. The summed E-state index contributed by atoms with van der Waals surface area (Å²) in [5.41, 5.74) is -0.492. The van der Waals surface area contributed by atoms with E-state index in [1.54, 1.807) is 20.8 Å². The van der Waals surface area contributed by atoms with Crippen LogP contribution in [0.4, 0.5) is 0 Å². The third kappa shape index (κ3) is 9.28. The van der Waals surface area contributed by atoms with Crippen molar-refractivity contribution < 1.29 is 14.3 Å². The Morgan fingerprint density at radius 1 is 0.893 bits per heavy atom. The van der Waals surface area contributed by atoms with Gasteiger partial charge in [0.2, 0.25) is 0 Å². The van der Waals surface area contributed by atoms with Gasteiger partial charge < -0.3 is 0 Å². The summed E-state index contributed by atoms with van der Waals surface area (Å²) in [4.78, 5) is 24.9. The Morgan fingerprint density at radius 3 is 1.75 bits per heavy atom. The summed E-state index contributed by atoms with van der Waals surface area (Å²) in [5, 5.41) is 0. The molecule has 0 unspecified atom stereocenters. The summed E-state index contributed by atoms with van der Waals surface area (Å²) in [7, 11) is 0. The van der Waals surface area contributed by atoms with Gasteiger partial charge in [-0.05, 0) is 0 Å². The van der Waals surface area contributed by atoms with Crippen LogP contribution in [-0.2, 0) is 14.3 Å². The maximum absolute atomic E-state index is 12.8. The molecule has 28 heavy (non-hydrogen) atoms. The molecule has 0 spiro atoms. The fraction of sp³-hybridized carbons (Fsp3) is 0.750. The molecule has 0 atom stereocenters. The summed E-state index contributed by atoms with van der Waals surface area (Å²) >= 11 is -2.33. The predicted molar refractivity (Wildman–Crippen MR) is 123 cm³/mol. The zero-order valence-corrected chi connectivity index (χ0v) is 22.4. The molecule has 3 nitrogen and oxygen atoms in total. The number of carbonyl (C=O) groups is 2. The quantitative estimate of drug-likeness (QED) is 0.0799. The van der Waals surface area contributed by atoms with Gasteiger partial charge in [0.05, 0.1) is 0 Å². The number of unbranched alkanes of at least 4 members (excludes halogenated alkanes) is 3. The second kappa shape index (κ2) is 14.4. The normalized spacial score (nSPS) is 13.2. The van der Waals surface area contributed by atoms with Gasteiger partial charge in [-0.15, -0.1) is 0 Å². The Hall–Kier alpha value is -0.581. The fourth-order valence-electron chi connectivity index (χ4n) is 3.58. The molecule has 0 radical (unpaired) electrons. The van der Waals surface area contributed by atoms with E-state index in [2.05, 4.69) is 30.9 Å². The first-order valence-corrected chi connectivity index (χ1v) is 19.0. The molecule has 0 aromatic heterocycles. The molecule has 0 aromatic rings. The van der Waals surface area contributed by atoms with Crippen molar-refractivity contribution in [1.29, 1.82) is 0 Å². The van der Waals surface area contributed by atoms with E-state index >= 15 is 0 Å². The van der Waals surface area contributed by atoms with Crippen LogP contribution in [0.1, 0.15) is 87.0 Å². The maximum atomic E-state index is 12.8. The van der Waals surface area contributed by atoms with E-state index in [0.29, 0.717) is 12.2 Å². The third-order valence-corrected chi connectivity index (χ3v) is 19.7. The average molecular weight is 499 g/mol. The van der Waals surface area contributed by atoms with Gasteiger partial charge in [0.25, 0.3) is 0 Å². The Balaban J connectivity index is 5.47. The van der Waals surface area contributed by atoms with Crippen molar-refractivity contribution in [2.24, 2.45) is 5.41 Å². The molecule has 0 fully saturated rings. The second-order valence-electron chi connectivity index (χ2n) is 8.56. The van der Waals surface area contributed by atoms with Gasteiger partial charge in [-0.2, -0.15) is 0 Å². The van der Waals surface area contributed by atoms with Gasteiger partial charge >= 0.3 is 179 Å². The van der Waals surface area contributed by atoms with Crippen LogP contribution in [0.2, 0.25) is 13.3 Å². The van der Waals surface area contributed by atoms with E-state index < -0.39 is 29.8 Å². The summed E-state index contributed by atoms with van der Waals surface area (Å²) in [5.74, 6) is -0.592. The number of hydrogen-bond donors (Lipinski definition) is 0. The van der Waals surface area contributed by atoms with Gasteiger partial charge in [0.1, 0.15) is 0 Å². The van der Waals surface area contributed by atoms with E-state index in [1.165, 1.54) is 51.8 Å². The molecule has 0 amide bonds. The average Bonchev–Trinajstić information content (AvgIpc) is 2.68. The summed E-state index contributed by atoms with van der Waals surface area (Å²) in [6.07, 6.45) is 11.8. The number of carbonyl (C=O) groups excluding carboxylic acids is 2. The fourth-order valence-corrected chi connectivity index (χ4v) is 17.6. The minimum absolute atomic E-state index is 0.146. The molecule has 162 valence electrons. The van der Waals surface area contributed by atoms with Gasteiger partial charge in [0, 0.05) is 0 Å². The first-order chi connectivity index (χ1) is 13.2. The molecular weight excluding hydrogens is 455 g/mol. The second-order valence-corrected chi connectivity index (χ2v) is 21.6. The van der Waals surface area contributed by atoms with E-state index in [9.17, 15) is 9.59 Å². The van der Waals surface area contributed by atoms with Crippen molar-refractivity contribution in [2.45, 2.75) is 100 Å². The van der Waals surface area contributed by atoms with Crippen molar-refractivity contribution in [1.82, 2.24) is 0 Å². The number of esters is 1. The van der Waals surface area contributed by atoms with Crippen molar-refractivity contribution in [3.05, 3.63) is 21.8 Å². The molecule has 0 heterocycles. The Morgan fingerprint density at radius 2 is 1.36 bits per heavy atom. The minimum atomic E-state index is -2.33. The third-order valence-electron chi connectivity index (χ3n) is 5.59. The molecule has 0 aromatic carbocycles. The Labute approximate surface area is 178 Å². The molecular formula is C24H44O3Sn. The molecule has 0 saturated carbocycles. The van der Waals surface area contributed by atoms with Crippen LogP contribution in [0, 0.1) is 5.41 Å². The Bertz CT molecular complexity index is 510. The standard InChI is InChI=1S/C12H17O3.3C4H9.Sn/c1-6-8-9(3)10(13)12(4,5)11(14)15-7-2;3*1-3-4-2;/h1,6,8H,7H2,2-5H3;3*1,3-4H2,2H3;/b6-1?,9-8+;;;;. The summed E-state index contributed by atoms with van der Waals surface area (Å²) in [6, 6.07) is 0. The number of ether oxygens (including phenoxy) is 1. The van der Waals surface area contributed by atoms with Crippen LogP contribution < -0.4 is 0 Å². The van der Waals surface area contributed by atoms with E-state index in [4.69, 9.17) is 4.74 Å². The van der Waals surface area contributed by atoms with Crippen molar-refractivity contribution in [3.63, 3.8) is 0 Å². The van der Waals surface area contributed by atoms with E-state index in [0.717, 1.165) is 0 Å². The van der Waals surface area contributed by atoms with Crippen LogP contribution in [0.5, 0.6) is 0 Å². The van der Waals surface area contributed by atoms with Crippen LogP contribution in [0.25, 0.3) is 0 Å². The molecule has 0 bridgehead atoms. The predicted octanol–water partition coefficient (Wildman–Crippen LogP) is 7.04. The van der Waals surface area contributed by atoms with Crippen LogP contribution in [-0.4, -0.2) is 36.7 Å². The van der Waals surface area contributed by atoms with Crippen LogP contribution >= 0.6 is 0 Å². The SMILES string of the molecule is CCC[CH2][Sn](/[CH]=C/C=C(\C)C(=O)C(C)(C)C(=O)OCC)([CH2]CCC)[CH2]CCC. The molecule has 4 heteroatoms. The first kappa shape index (κ1) is 27.4. The van der Waals surface area contributed by atoms with Crippen molar-refractivity contribution >= 4 is 30.1 Å². The first-order valence-electron chi connectivity index (χ1n) is 11.3. The molecule has 0 N–H and O–H groups in total. The van der Waals surface area contributed by atoms with Crippen molar-refractivity contribution in [3.8, 4) is 0 Å². The molecule has 0 aliphatic carbocycles. The molecule has 0 aliphatic rings. The number of rotatable bonds is 15. The molecule has 0 saturated heterocycles. The van der Waals surface area contributed by atoms with Crippen LogP contribution in [0.15, 0.2) is 21.8 Å². The monoisotopic (exact) mass is 500 g/mol. The number of Topliss-reactive ketones (excluding diaryl/α,β-unsaturated/α-hetero) is 1. The number of hydrogen-bond acceptors (Lipinski definition) is 3. The summed E-state index contributed by atoms with van der Waals surface area (Å²) in [6.45, 7) is 14.0. The van der Waals surface area contributed by atoms with Gasteiger partial charge in [-0.25, -0.2) is 0 Å².